The molecule has 2 aromatic rings. The summed E-state index contributed by atoms with van der Waals surface area (Å²) in [6.45, 7) is 2.77. The van der Waals surface area contributed by atoms with Crippen LogP contribution in [-0.4, -0.2) is 30.7 Å². The number of rotatable bonds is 10. The number of carboxylic acids is 1. The summed E-state index contributed by atoms with van der Waals surface area (Å²) in [6, 6.07) is 11.7. The first-order valence-corrected chi connectivity index (χ1v) is 9.17. The normalized spacial score (nSPS) is 10.6. The molecule has 0 aliphatic rings. The highest BCUT2D eigenvalue weighted by molar-refractivity contribution is 6.06. The van der Waals surface area contributed by atoms with E-state index in [1.165, 1.54) is 12.1 Å². The van der Waals surface area contributed by atoms with Crippen LogP contribution in [0.2, 0.25) is 0 Å². The van der Waals surface area contributed by atoms with E-state index in [2.05, 4.69) is 12.2 Å². The van der Waals surface area contributed by atoms with Crippen molar-refractivity contribution in [1.29, 1.82) is 0 Å². The predicted octanol–water partition coefficient (Wildman–Crippen LogP) is 4.61. The molecule has 0 aromatic heterocycles. The fourth-order valence-electron chi connectivity index (χ4n) is 2.57. The Kier molecular flexibility index (Phi) is 8.09. The van der Waals surface area contributed by atoms with Gasteiger partial charge in [0.15, 0.2) is 11.5 Å². The number of benzene rings is 2. The summed E-state index contributed by atoms with van der Waals surface area (Å²) in [5.41, 5.74) is 1.05. The van der Waals surface area contributed by atoms with Crippen molar-refractivity contribution in [2.24, 2.45) is 0 Å². The monoisotopic (exact) mass is 383 g/mol. The van der Waals surface area contributed by atoms with Gasteiger partial charge in [0.05, 0.1) is 25.0 Å². The number of unbranched alkanes of at least 4 members (excludes halogenated alkanes) is 2. The second-order valence-corrected chi connectivity index (χ2v) is 6.14. The Morgan fingerprint density at radius 1 is 1.11 bits per heavy atom. The summed E-state index contributed by atoms with van der Waals surface area (Å²) >= 11 is 0. The maximum absolute atomic E-state index is 12.1. The number of ether oxygens (including phenoxy) is 2. The number of amides is 1. The van der Waals surface area contributed by atoms with Crippen LogP contribution in [0, 0.1) is 0 Å². The molecule has 0 radical (unpaired) electrons. The second-order valence-electron chi connectivity index (χ2n) is 6.14. The zero-order chi connectivity index (χ0) is 20.4. The third kappa shape index (κ3) is 6.16. The molecule has 0 bridgehead atoms. The fraction of sp³-hybridized carbons (Fsp3) is 0.273. The topological polar surface area (TPSA) is 84.9 Å². The Labute approximate surface area is 164 Å². The summed E-state index contributed by atoms with van der Waals surface area (Å²) in [6.07, 6.45) is 6.20. The van der Waals surface area contributed by atoms with Crippen LogP contribution in [0.5, 0.6) is 11.5 Å². The van der Waals surface area contributed by atoms with Gasteiger partial charge in [-0.2, -0.15) is 0 Å². The van der Waals surface area contributed by atoms with Gasteiger partial charge in [-0.15, -0.1) is 0 Å². The van der Waals surface area contributed by atoms with E-state index in [0.29, 0.717) is 18.1 Å². The van der Waals surface area contributed by atoms with Crippen molar-refractivity contribution in [3.05, 3.63) is 59.7 Å². The number of para-hydroxylation sites is 1. The molecule has 0 saturated carbocycles. The maximum atomic E-state index is 12.1. The molecule has 0 heterocycles. The summed E-state index contributed by atoms with van der Waals surface area (Å²) in [5, 5.41) is 11.7. The lowest BCUT2D eigenvalue weighted by Gasteiger charge is -2.11. The van der Waals surface area contributed by atoms with Crippen molar-refractivity contribution in [3.8, 4) is 11.5 Å². The van der Waals surface area contributed by atoms with E-state index in [0.717, 1.165) is 24.8 Å². The molecule has 0 saturated heterocycles. The summed E-state index contributed by atoms with van der Waals surface area (Å²) in [5.74, 6) is -0.266. The van der Waals surface area contributed by atoms with E-state index in [-0.39, 0.29) is 11.3 Å². The van der Waals surface area contributed by atoms with E-state index in [1.807, 2.05) is 12.1 Å². The number of carbonyl (C=O) groups is 2. The SMILES string of the molecule is CCCCCOc1ccc(/C=C/C(=O)Nc2ccccc2C(=O)O)cc1OC. The summed E-state index contributed by atoms with van der Waals surface area (Å²) in [7, 11) is 1.57. The minimum Gasteiger partial charge on any atom is -0.493 e. The molecule has 0 unspecified atom stereocenters. The summed E-state index contributed by atoms with van der Waals surface area (Å²) < 4.78 is 11.1. The molecule has 0 spiro atoms. The van der Waals surface area contributed by atoms with Crippen LogP contribution in [0.3, 0.4) is 0 Å². The zero-order valence-corrected chi connectivity index (χ0v) is 16.1. The van der Waals surface area contributed by atoms with Crippen LogP contribution in [0.4, 0.5) is 5.69 Å². The van der Waals surface area contributed by atoms with Crippen molar-refractivity contribution in [3.63, 3.8) is 0 Å². The standard InChI is InChI=1S/C22H25NO5/c1-3-4-7-14-28-19-12-10-16(15-20(19)27-2)11-13-21(24)23-18-9-6-5-8-17(18)22(25)26/h5-6,8-13,15H,3-4,7,14H2,1-2H3,(H,23,24)(H,25,26)/b13-11+. The van der Waals surface area contributed by atoms with Crippen LogP contribution >= 0.6 is 0 Å². The third-order valence-corrected chi connectivity index (χ3v) is 4.04. The third-order valence-electron chi connectivity index (χ3n) is 4.04. The lowest BCUT2D eigenvalue weighted by molar-refractivity contribution is -0.111. The molecule has 6 heteroatoms. The molecule has 148 valence electrons. The number of hydrogen-bond donors (Lipinski definition) is 2. The Bertz CT molecular complexity index is 845. The minimum atomic E-state index is -1.10. The Morgan fingerprint density at radius 2 is 1.89 bits per heavy atom. The largest absolute Gasteiger partial charge is 0.493 e. The second kappa shape index (κ2) is 10.8. The maximum Gasteiger partial charge on any atom is 0.337 e. The Morgan fingerprint density at radius 3 is 2.61 bits per heavy atom. The van der Waals surface area contributed by atoms with Gasteiger partial charge in [-0.05, 0) is 42.3 Å². The zero-order valence-electron chi connectivity index (χ0n) is 16.1. The molecule has 0 aliphatic carbocycles. The van der Waals surface area contributed by atoms with Gasteiger partial charge in [-0.1, -0.05) is 38.0 Å². The van der Waals surface area contributed by atoms with Gasteiger partial charge in [0.2, 0.25) is 5.91 Å². The van der Waals surface area contributed by atoms with Crippen molar-refractivity contribution in [1.82, 2.24) is 0 Å². The molecule has 0 fully saturated rings. The lowest BCUT2D eigenvalue weighted by atomic mass is 10.1. The van der Waals surface area contributed by atoms with Crippen molar-refractivity contribution in [2.45, 2.75) is 26.2 Å². The first kappa shape index (κ1) is 21.0. The van der Waals surface area contributed by atoms with Gasteiger partial charge in [-0.25, -0.2) is 4.79 Å². The highest BCUT2D eigenvalue weighted by Gasteiger charge is 2.10. The molecular weight excluding hydrogens is 358 g/mol. The fourth-order valence-corrected chi connectivity index (χ4v) is 2.57. The number of aromatic carboxylic acids is 1. The first-order valence-electron chi connectivity index (χ1n) is 9.17. The molecule has 1 amide bonds. The highest BCUT2D eigenvalue weighted by atomic mass is 16.5. The number of carbonyl (C=O) groups excluding carboxylic acids is 1. The molecule has 0 atom stereocenters. The van der Waals surface area contributed by atoms with Crippen LogP contribution in [0.25, 0.3) is 6.08 Å². The number of nitrogens with one attached hydrogen (secondary N) is 1. The molecule has 2 N–H and O–H groups in total. The van der Waals surface area contributed by atoms with Crippen molar-refractivity contribution >= 4 is 23.6 Å². The van der Waals surface area contributed by atoms with Gasteiger partial charge < -0.3 is 19.9 Å². The minimum absolute atomic E-state index is 0.0375. The molecule has 2 aromatic carbocycles. The lowest BCUT2D eigenvalue weighted by Crippen LogP contribution is -2.11. The number of anilines is 1. The Hall–Kier alpha value is -3.28. The number of methoxy groups -OCH3 is 1. The average Bonchev–Trinajstić information content (AvgIpc) is 2.70. The van der Waals surface area contributed by atoms with E-state index < -0.39 is 11.9 Å². The smallest absolute Gasteiger partial charge is 0.337 e. The van der Waals surface area contributed by atoms with Gasteiger partial charge in [0.25, 0.3) is 0 Å². The summed E-state index contributed by atoms with van der Waals surface area (Å²) in [4.78, 5) is 23.3. The van der Waals surface area contributed by atoms with Crippen LogP contribution in [-0.2, 0) is 4.79 Å². The van der Waals surface area contributed by atoms with E-state index in [1.54, 1.807) is 37.5 Å². The number of carboxylic acid groups (broad SMARTS) is 1. The van der Waals surface area contributed by atoms with Gasteiger partial charge in [0.1, 0.15) is 0 Å². The molecule has 0 aliphatic heterocycles. The van der Waals surface area contributed by atoms with E-state index >= 15 is 0 Å². The Balaban J connectivity index is 2.03. The van der Waals surface area contributed by atoms with Crippen LogP contribution < -0.4 is 14.8 Å². The van der Waals surface area contributed by atoms with Crippen LogP contribution in [0.15, 0.2) is 48.5 Å². The van der Waals surface area contributed by atoms with E-state index in [4.69, 9.17) is 14.6 Å². The molecule has 2 rings (SSSR count). The van der Waals surface area contributed by atoms with E-state index in [9.17, 15) is 9.59 Å². The predicted molar refractivity (Wildman–Crippen MR) is 109 cm³/mol. The van der Waals surface area contributed by atoms with Crippen molar-refractivity contribution < 1.29 is 24.2 Å². The van der Waals surface area contributed by atoms with Gasteiger partial charge >= 0.3 is 5.97 Å². The highest BCUT2D eigenvalue weighted by Crippen LogP contribution is 2.28. The van der Waals surface area contributed by atoms with Crippen LogP contribution in [0.1, 0.15) is 42.1 Å². The molecule has 6 nitrogen and oxygen atoms in total. The average molecular weight is 383 g/mol. The van der Waals surface area contributed by atoms with Gasteiger partial charge in [-0.3, -0.25) is 4.79 Å². The van der Waals surface area contributed by atoms with Gasteiger partial charge in [0, 0.05) is 6.08 Å². The first-order chi connectivity index (χ1) is 13.5. The van der Waals surface area contributed by atoms with Crippen molar-refractivity contribution in [2.75, 3.05) is 19.0 Å². The molecular formula is C22H25NO5. The number of hydrogen-bond acceptors (Lipinski definition) is 4. The quantitative estimate of drug-likeness (QED) is 0.462. The molecule has 28 heavy (non-hydrogen) atoms.